The van der Waals surface area contributed by atoms with E-state index in [2.05, 4.69) is 12.2 Å². The fraction of sp³-hybridized carbons (Fsp3) is 0.625. The molecule has 2 N–H and O–H groups in total. The van der Waals surface area contributed by atoms with Crippen LogP contribution in [-0.2, 0) is 0 Å². The average Bonchev–Trinajstić information content (AvgIpc) is 2.42. The maximum atomic E-state index is 10.1. The Morgan fingerprint density at radius 3 is 2.35 bits per heavy atom. The molecule has 0 heterocycles. The van der Waals surface area contributed by atoms with Crippen LogP contribution < -0.4 is 14.8 Å². The van der Waals surface area contributed by atoms with Gasteiger partial charge in [0, 0.05) is 24.2 Å². The molecule has 0 aliphatic rings. The molecule has 4 nitrogen and oxygen atoms in total. The van der Waals surface area contributed by atoms with E-state index in [1.165, 1.54) is 0 Å². The van der Waals surface area contributed by atoms with Gasteiger partial charge in [0.25, 0.3) is 0 Å². The summed E-state index contributed by atoms with van der Waals surface area (Å²) in [7, 11) is 3.28. The average molecular weight is 281 g/mol. The summed E-state index contributed by atoms with van der Waals surface area (Å²) < 4.78 is 10.6. The Morgan fingerprint density at radius 2 is 1.85 bits per heavy atom. The van der Waals surface area contributed by atoms with Crippen molar-refractivity contribution >= 4 is 0 Å². The second kappa shape index (κ2) is 6.95. The SMILES string of the molecule is COc1ccc(C(C)NCC(O)C(C)(C)C)c(OC)c1. The number of rotatable bonds is 6. The van der Waals surface area contributed by atoms with Gasteiger partial charge in [-0.3, -0.25) is 0 Å². The lowest BCUT2D eigenvalue weighted by Gasteiger charge is -2.28. The molecule has 1 rings (SSSR count). The van der Waals surface area contributed by atoms with E-state index in [0.717, 1.165) is 17.1 Å². The van der Waals surface area contributed by atoms with Crippen molar-refractivity contribution in [3.63, 3.8) is 0 Å². The van der Waals surface area contributed by atoms with Crippen LogP contribution in [0.4, 0.5) is 0 Å². The van der Waals surface area contributed by atoms with E-state index in [-0.39, 0.29) is 11.5 Å². The van der Waals surface area contributed by atoms with Crippen molar-refractivity contribution in [2.75, 3.05) is 20.8 Å². The van der Waals surface area contributed by atoms with Gasteiger partial charge in [0.1, 0.15) is 11.5 Å². The van der Waals surface area contributed by atoms with Crippen LogP contribution in [0.2, 0.25) is 0 Å². The maximum absolute atomic E-state index is 10.1. The summed E-state index contributed by atoms with van der Waals surface area (Å²) in [5, 5.41) is 13.4. The maximum Gasteiger partial charge on any atom is 0.127 e. The molecule has 0 saturated heterocycles. The van der Waals surface area contributed by atoms with Crippen LogP contribution in [0, 0.1) is 5.41 Å². The number of nitrogens with one attached hydrogen (secondary N) is 1. The third kappa shape index (κ3) is 4.39. The number of hydrogen-bond acceptors (Lipinski definition) is 4. The Bertz CT molecular complexity index is 426. The molecule has 0 radical (unpaired) electrons. The molecule has 0 aliphatic heterocycles. The summed E-state index contributed by atoms with van der Waals surface area (Å²) in [5.74, 6) is 1.56. The van der Waals surface area contributed by atoms with E-state index >= 15 is 0 Å². The first-order chi connectivity index (χ1) is 9.29. The van der Waals surface area contributed by atoms with Gasteiger partial charge in [0.15, 0.2) is 0 Å². The fourth-order valence-corrected chi connectivity index (χ4v) is 1.88. The zero-order chi connectivity index (χ0) is 15.3. The van der Waals surface area contributed by atoms with Gasteiger partial charge in [-0.15, -0.1) is 0 Å². The van der Waals surface area contributed by atoms with Crippen LogP contribution in [-0.4, -0.2) is 32.0 Å². The number of benzene rings is 1. The third-order valence-corrected chi connectivity index (χ3v) is 3.52. The lowest BCUT2D eigenvalue weighted by atomic mass is 9.89. The normalized spacial score (nSPS) is 14.8. The molecule has 1 aromatic rings. The highest BCUT2D eigenvalue weighted by molar-refractivity contribution is 5.42. The Balaban J connectivity index is 2.75. The topological polar surface area (TPSA) is 50.7 Å². The van der Waals surface area contributed by atoms with Crippen LogP contribution in [0.15, 0.2) is 18.2 Å². The van der Waals surface area contributed by atoms with E-state index in [4.69, 9.17) is 9.47 Å². The van der Waals surface area contributed by atoms with E-state index in [1.54, 1.807) is 14.2 Å². The van der Waals surface area contributed by atoms with Crippen molar-refractivity contribution in [1.29, 1.82) is 0 Å². The lowest BCUT2D eigenvalue weighted by molar-refractivity contribution is 0.0608. The summed E-state index contributed by atoms with van der Waals surface area (Å²) in [4.78, 5) is 0. The minimum atomic E-state index is -0.394. The van der Waals surface area contributed by atoms with Crippen molar-refractivity contribution in [3.8, 4) is 11.5 Å². The number of hydrogen-bond donors (Lipinski definition) is 2. The molecule has 0 fully saturated rings. The number of aliphatic hydroxyl groups excluding tert-OH is 1. The molecule has 1 aromatic carbocycles. The number of ether oxygens (including phenoxy) is 2. The van der Waals surface area contributed by atoms with Gasteiger partial charge in [-0.2, -0.15) is 0 Å². The fourth-order valence-electron chi connectivity index (χ4n) is 1.88. The molecular formula is C16H27NO3. The quantitative estimate of drug-likeness (QED) is 0.842. The van der Waals surface area contributed by atoms with Crippen molar-refractivity contribution in [1.82, 2.24) is 5.32 Å². The number of methoxy groups -OCH3 is 2. The summed E-state index contributed by atoms with van der Waals surface area (Å²) >= 11 is 0. The zero-order valence-electron chi connectivity index (χ0n) is 13.4. The molecule has 20 heavy (non-hydrogen) atoms. The molecule has 2 unspecified atom stereocenters. The molecule has 2 atom stereocenters. The van der Waals surface area contributed by atoms with Crippen molar-refractivity contribution in [3.05, 3.63) is 23.8 Å². The molecule has 0 bridgehead atoms. The van der Waals surface area contributed by atoms with Crippen LogP contribution >= 0.6 is 0 Å². The van der Waals surface area contributed by atoms with E-state index < -0.39 is 6.10 Å². The van der Waals surface area contributed by atoms with Gasteiger partial charge in [-0.25, -0.2) is 0 Å². The Labute approximate surface area is 122 Å². The Hall–Kier alpha value is -1.26. The highest BCUT2D eigenvalue weighted by Gasteiger charge is 2.23. The highest BCUT2D eigenvalue weighted by atomic mass is 16.5. The second-order valence-corrected chi connectivity index (χ2v) is 6.12. The first-order valence-electron chi connectivity index (χ1n) is 6.93. The molecule has 0 aliphatic carbocycles. The molecule has 0 amide bonds. The summed E-state index contributed by atoms with van der Waals surface area (Å²) in [6.45, 7) is 8.67. The van der Waals surface area contributed by atoms with Crippen molar-refractivity contribution < 1.29 is 14.6 Å². The molecule has 114 valence electrons. The summed E-state index contributed by atoms with van der Waals surface area (Å²) in [5.41, 5.74) is 0.922. The van der Waals surface area contributed by atoms with Gasteiger partial charge in [-0.05, 0) is 18.4 Å². The molecule has 0 aromatic heterocycles. The highest BCUT2D eigenvalue weighted by Crippen LogP contribution is 2.29. The predicted molar refractivity (Wildman–Crippen MR) is 81.4 cm³/mol. The number of aliphatic hydroxyl groups is 1. The largest absolute Gasteiger partial charge is 0.497 e. The standard InChI is InChI=1S/C16H27NO3/c1-11(17-10-15(18)16(2,3)4)13-8-7-12(19-5)9-14(13)20-6/h7-9,11,15,17-18H,10H2,1-6H3. The van der Waals surface area contributed by atoms with E-state index in [0.29, 0.717) is 6.54 Å². The zero-order valence-corrected chi connectivity index (χ0v) is 13.4. The van der Waals surface area contributed by atoms with Crippen LogP contribution in [0.3, 0.4) is 0 Å². The predicted octanol–water partition coefficient (Wildman–Crippen LogP) is 2.76. The second-order valence-electron chi connectivity index (χ2n) is 6.12. The molecular weight excluding hydrogens is 254 g/mol. The van der Waals surface area contributed by atoms with Crippen molar-refractivity contribution in [2.45, 2.75) is 39.8 Å². The van der Waals surface area contributed by atoms with Gasteiger partial charge in [-0.1, -0.05) is 26.8 Å². The summed E-state index contributed by atoms with van der Waals surface area (Å²) in [6.07, 6.45) is -0.394. The Morgan fingerprint density at radius 1 is 1.20 bits per heavy atom. The first kappa shape index (κ1) is 16.8. The smallest absolute Gasteiger partial charge is 0.127 e. The van der Waals surface area contributed by atoms with Gasteiger partial charge >= 0.3 is 0 Å². The van der Waals surface area contributed by atoms with E-state index in [9.17, 15) is 5.11 Å². The first-order valence-corrected chi connectivity index (χ1v) is 6.93. The molecule has 0 spiro atoms. The minimum Gasteiger partial charge on any atom is -0.497 e. The van der Waals surface area contributed by atoms with Crippen LogP contribution in [0.5, 0.6) is 11.5 Å². The minimum absolute atomic E-state index is 0.0906. The van der Waals surface area contributed by atoms with Gasteiger partial charge < -0.3 is 19.9 Å². The third-order valence-electron chi connectivity index (χ3n) is 3.52. The molecule has 4 heteroatoms. The lowest BCUT2D eigenvalue weighted by Crippen LogP contribution is -2.37. The molecule has 0 saturated carbocycles. The van der Waals surface area contributed by atoms with Crippen LogP contribution in [0.1, 0.15) is 39.3 Å². The monoisotopic (exact) mass is 281 g/mol. The van der Waals surface area contributed by atoms with Crippen LogP contribution in [0.25, 0.3) is 0 Å². The van der Waals surface area contributed by atoms with Gasteiger partial charge in [0.2, 0.25) is 0 Å². The van der Waals surface area contributed by atoms with E-state index in [1.807, 2.05) is 39.0 Å². The van der Waals surface area contributed by atoms with Crippen molar-refractivity contribution in [2.24, 2.45) is 5.41 Å². The Kier molecular flexibility index (Phi) is 5.84. The summed E-state index contributed by atoms with van der Waals surface area (Å²) in [6, 6.07) is 5.86. The van der Waals surface area contributed by atoms with Gasteiger partial charge in [0.05, 0.1) is 20.3 Å².